The van der Waals surface area contributed by atoms with Crippen molar-refractivity contribution in [2.24, 2.45) is 0 Å². The van der Waals surface area contributed by atoms with Gasteiger partial charge in [0.25, 0.3) is 0 Å². The number of rotatable bonds is 4. The molecule has 0 aliphatic carbocycles. The molecule has 0 radical (unpaired) electrons. The van der Waals surface area contributed by atoms with Gasteiger partial charge in [-0.15, -0.1) is 0 Å². The van der Waals surface area contributed by atoms with E-state index >= 15 is 0 Å². The summed E-state index contributed by atoms with van der Waals surface area (Å²) in [6.07, 6.45) is 1.75. The lowest BCUT2D eigenvalue weighted by Crippen LogP contribution is -2.28. The number of benzene rings is 1. The Labute approximate surface area is 107 Å². The zero-order chi connectivity index (χ0) is 13.0. The van der Waals surface area contributed by atoms with Crippen LogP contribution in [0.5, 0.6) is 0 Å². The summed E-state index contributed by atoms with van der Waals surface area (Å²) < 4.78 is 13.2. The summed E-state index contributed by atoms with van der Waals surface area (Å²) in [7, 11) is 0. The monoisotopic (exact) mass is 244 g/mol. The molecule has 2 nitrogen and oxygen atoms in total. The third-order valence-corrected chi connectivity index (χ3v) is 2.98. The highest BCUT2D eigenvalue weighted by Gasteiger charge is 2.20. The SMILES string of the molecule is CC(C)(CNc1ccccn1)c1cccc(F)c1. The van der Waals surface area contributed by atoms with Crippen LogP contribution in [0.15, 0.2) is 48.7 Å². The highest BCUT2D eigenvalue weighted by molar-refractivity contribution is 5.35. The molecule has 18 heavy (non-hydrogen) atoms. The molecule has 0 saturated carbocycles. The number of anilines is 1. The summed E-state index contributed by atoms with van der Waals surface area (Å²) in [5.41, 5.74) is 0.825. The Bertz CT molecular complexity index is 509. The molecule has 1 N–H and O–H groups in total. The lowest BCUT2D eigenvalue weighted by Gasteiger charge is -2.26. The Morgan fingerprint density at radius 3 is 2.67 bits per heavy atom. The molecule has 0 atom stereocenters. The van der Waals surface area contributed by atoms with Gasteiger partial charge in [-0.05, 0) is 29.8 Å². The van der Waals surface area contributed by atoms with Gasteiger partial charge in [-0.2, -0.15) is 0 Å². The van der Waals surface area contributed by atoms with Crippen molar-refractivity contribution in [2.75, 3.05) is 11.9 Å². The first-order chi connectivity index (χ1) is 8.58. The normalized spacial score (nSPS) is 11.3. The molecule has 0 aliphatic rings. The molecule has 2 aromatic rings. The van der Waals surface area contributed by atoms with Crippen molar-refractivity contribution >= 4 is 5.82 Å². The molecule has 3 heteroatoms. The summed E-state index contributed by atoms with van der Waals surface area (Å²) in [6, 6.07) is 12.5. The standard InChI is InChI=1S/C15H17FN2/c1-15(2,12-6-5-7-13(16)10-12)11-18-14-8-3-4-9-17-14/h3-10H,11H2,1-2H3,(H,17,18). The second-order valence-corrected chi connectivity index (χ2v) is 4.96. The van der Waals surface area contributed by atoms with Gasteiger partial charge in [0.2, 0.25) is 0 Å². The zero-order valence-electron chi connectivity index (χ0n) is 10.7. The molecule has 0 saturated heterocycles. The van der Waals surface area contributed by atoms with E-state index < -0.39 is 0 Å². The fourth-order valence-corrected chi connectivity index (χ4v) is 1.79. The van der Waals surface area contributed by atoms with Crippen molar-refractivity contribution in [3.63, 3.8) is 0 Å². The van der Waals surface area contributed by atoms with E-state index in [0.29, 0.717) is 6.54 Å². The van der Waals surface area contributed by atoms with Crippen LogP contribution >= 0.6 is 0 Å². The maximum absolute atomic E-state index is 13.2. The topological polar surface area (TPSA) is 24.9 Å². The van der Waals surface area contributed by atoms with Crippen molar-refractivity contribution in [3.05, 3.63) is 60.0 Å². The molecule has 0 amide bonds. The first-order valence-electron chi connectivity index (χ1n) is 5.99. The molecule has 0 unspecified atom stereocenters. The van der Waals surface area contributed by atoms with Gasteiger partial charge in [0.05, 0.1) is 0 Å². The minimum Gasteiger partial charge on any atom is -0.369 e. The average molecular weight is 244 g/mol. The minimum atomic E-state index is -0.196. The van der Waals surface area contributed by atoms with E-state index in [-0.39, 0.29) is 11.2 Å². The Morgan fingerprint density at radius 2 is 2.00 bits per heavy atom. The predicted molar refractivity (Wildman–Crippen MR) is 72.2 cm³/mol. The summed E-state index contributed by atoms with van der Waals surface area (Å²) in [5.74, 6) is 0.639. The van der Waals surface area contributed by atoms with E-state index in [4.69, 9.17) is 0 Å². The number of aromatic nitrogens is 1. The van der Waals surface area contributed by atoms with Crippen molar-refractivity contribution in [3.8, 4) is 0 Å². The molecule has 0 aliphatic heterocycles. The average Bonchev–Trinajstić information content (AvgIpc) is 2.38. The van der Waals surface area contributed by atoms with Crippen LogP contribution < -0.4 is 5.32 Å². The van der Waals surface area contributed by atoms with Gasteiger partial charge in [-0.3, -0.25) is 0 Å². The number of hydrogen-bond donors (Lipinski definition) is 1. The van der Waals surface area contributed by atoms with Gasteiger partial charge < -0.3 is 5.32 Å². The van der Waals surface area contributed by atoms with Gasteiger partial charge in [0.1, 0.15) is 11.6 Å². The van der Waals surface area contributed by atoms with E-state index in [9.17, 15) is 4.39 Å². The van der Waals surface area contributed by atoms with E-state index in [0.717, 1.165) is 11.4 Å². The van der Waals surface area contributed by atoms with Crippen LogP contribution in [0.25, 0.3) is 0 Å². The Hall–Kier alpha value is -1.90. The molecule has 1 heterocycles. The second-order valence-electron chi connectivity index (χ2n) is 4.96. The van der Waals surface area contributed by atoms with Gasteiger partial charge >= 0.3 is 0 Å². The van der Waals surface area contributed by atoms with Crippen molar-refractivity contribution < 1.29 is 4.39 Å². The largest absolute Gasteiger partial charge is 0.369 e. The summed E-state index contributed by atoms with van der Waals surface area (Å²) in [5, 5.41) is 3.27. The summed E-state index contributed by atoms with van der Waals surface area (Å²) in [4.78, 5) is 4.21. The quantitative estimate of drug-likeness (QED) is 0.888. The highest BCUT2D eigenvalue weighted by Crippen LogP contribution is 2.24. The first kappa shape index (κ1) is 12.6. The fraction of sp³-hybridized carbons (Fsp3) is 0.267. The van der Waals surface area contributed by atoms with Crippen LogP contribution in [0.4, 0.5) is 10.2 Å². The van der Waals surface area contributed by atoms with Gasteiger partial charge in [0.15, 0.2) is 0 Å². The molecule has 1 aromatic heterocycles. The van der Waals surface area contributed by atoms with Crippen LogP contribution in [0, 0.1) is 5.82 Å². The lowest BCUT2D eigenvalue weighted by atomic mass is 9.84. The molecular weight excluding hydrogens is 227 g/mol. The van der Waals surface area contributed by atoms with Crippen LogP contribution in [0.3, 0.4) is 0 Å². The smallest absolute Gasteiger partial charge is 0.125 e. The molecule has 0 bridgehead atoms. The Balaban J connectivity index is 2.08. The number of nitrogens with one attached hydrogen (secondary N) is 1. The van der Waals surface area contributed by atoms with E-state index in [2.05, 4.69) is 24.1 Å². The third kappa shape index (κ3) is 3.06. The highest BCUT2D eigenvalue weighted by atomic mass is 19.1. The van der Waals surface area contributed by atoms with Crippen LogP contribution in [0.1, 0.15) is 19.4 Å². The summed E-state index contributed by atoms with van der Waals surface area (Å²) >= 11 is 0. The molecule has 0 fully saturated rings. The maximum Gasteiger partial charge on any atom is 0.125 e. The third-order valence-electron chi connectivity index (χ3n) is 2.98. The van der Waals surface area contributed by atoms with Crippen molar-refractivity contribution in [1.29, 1.82) is 0 Å². The van der Waals surface area contributed by atoms with Gasteiger partial charge in [-0.1, -0.05) is 32.0 Å². The molecule has 0 spiro atoms. The van der Waals surface area contributed by atoms with Gasteiger partial charge in [0, 0.05) is 18.2 Å². The van der Waals surface area contributed by atoms with Gasteiger partial charge in [-0.25, -0.2) is 9.37 Å². The number of hydrogen-bond acceptors (Lipinski definition) is 2. The van der Waals surface area contributed by atoms with E-state index in [1.165, 1.54) is 6.07 Å². The number of pyridine rings is 1. The minimum absolute atomic E-state index is 0.153. The van der Waals surface area contributed by atoms with Crippen molar-refractivity contribution in [2.45, 2.75) is 19.3 Å². The van der Waals surface area contributed by atoms with E-state index in [1.807, 2.05) is 24.3 Å². The molecule has 94 valence electrons. The van der Waals surface area contributed by atoms with E-state index in [1.54, 1.807) is 18.3 Å². The number of halogens is 1. The second kappa shape index (κ2) is 5.17. The fourth-order valence-electron chi connectivity index (χ4n) is 1.79. The van der Waals surface area contributed by atoms with Crippen LogP contribution in [-0.2, 0) is 5.41 Å². The molecule has 2 rings (SSSR count). The Morgan fingerprint density at radius 1 is 1.17 bits per heavy atom. The maximum atomic E-state index is 13.2. The summed E-state index contributed by atoms with van der Waals surface area (Å²) in [6.45, 7) is 4.86. The van der Waals surface area contributed by atoms with Crippen LogP contribution in [0.2, 0.25) is 0 Å². The lowest BCUT2D eigenvalue weighted by molar-refractivity contribution is 0.545. The predicted octanol–water partition coefficient (Wildman–Crippen LogP) is 3.61. The Kier molecular flexibility index (Phi) is 3.60. The van der Waals surface area contributed by atoms with Crippen LogP contribution in [-0.4, -0.2) is 11.5 Å². The molecular formula is C15H17FN2. The molecule has 1 aromatic carbocycles. The van der Waals surface area contributed by atoms with Crippen molar-refractivity contribution in [1.82, 2.24) is 4.98 Å². The zero-order valence-corrected chi connectivity index (χ0v) is 10.7. The number of nitrogens with zero attached hydrogens (tertiary/aromatic N) is 1. The first-order valence-corrected chi connectivity index (χ1v) is 5.99.